The van der Waals surface area contributed by atoms with Crippen LogP contribution in [0.1, 0.15) is 27.0 Å². The van der Waals surface area contributed by atoms with Crippen molar-refractivity contribution in [2.75, 3.05) is 7.11 Å². The number of carbonyl (C=O) groups is 1. The van der Waals surface area contributed by atoms with Crippen molar-refractivity contribution in [2.24, 2.45) is 0 Å². The summed E-state index contributed by atoms with van der Waals surface area (Å²) in [6.45, 7) is 0. The summed E-state index contributed by atoms with van der Waals surface area (Å²) >= 11 is 5.91. The fraction of sp³-hybridized carbons (Fsp3) is 0.0625. The SMILES string of the molecule is COc1ccc(Cl)cc1C(=O)c1cc(C#N)cc(C#N)c1. The van der Waals surface area contributed by atoms with Crippen molar-refractivity contribution in [3.05, 3.63) is 63.7 Å². The van der Waals surface area contributed by atoms with Crippen LogP contribution < -0.4 is 4.74 Å². The predicted octanol–water partition coefficient (Wildman–Crippen LogP) is 3.32. The molecule has 0 atom stereocenters. The van der Waals surface area contributed by atoms with Gasteiger partial charge in [0.05, 0.1) is 35.9 Å². The standard InChI is InChI=1S/C16H9ClN2O2/c1-21-15-3-2-13(17)7-14(15)16(20)12-5-10(8-18)4-11(6-12)9-19/h2-7H,1H3. The molecule has 5 heteroatoms. The highest BCUT2D eigenvalue weighted by molar-refractivity contribution is 6.31. The van der Waals surface area contributed by atoms with Crippen LogP contribution in [0.15, 0.2) is 36.4 Å². The van der Waals surface area contributed by atoms with E-state index in [0.29, 0.717) is 10.8 Å². The number of ketones is 1. The zero-order valence-electron chi connectivity index (χ0n) is 11.1. The van der Waals surface area contributed by atoms with Gasteiger partial charge in [-0.1, -0.05) is 11.6 Å². The molecular formula is C16H9ClN2O2. The van der Waals surface area contributed by atoms with Crippen molar-refractivity contribution in [1.29, 1.82) is 10.5 Å². The fourth-order valence-corrected chi connectivity index (χ4v) is 2.07. The lowest BCUT2D eigenvalue weighted by molar-refractivity contribution is 0.103. The summed E-state index contributed by atoms with van der Waals surface area (Å²) in [6.07, 6.45) is 0. The van der Waals surface area contributed by atoms with E-state index in [0.717, 1.165) is 0 Å². The molecule has 2 rings (SSSR count). The first-order chi connectivity index (χ1) is 10.1. The van der Waals surface area contributed by atoms with E-state index in [1.54, 1.807) is 12.1 Å². The van der Waals surface area contributed by atoms with Crippen molar-refractivity contribution >= 4 is 17.4 Å². The first kappa shape index (κ1) is 14.6. The highest BCUT2D eigenvalue weighted by Gasteiger charge is 2.16. The Kier molecular flexibility index (Phi) is 4.23. The number of nitriles is 2. The van der Waals surface area contributed by atoms with Crippen LogP contribution in [0.4, 0.5) is 0 Å². The molecule has 0 aliphatic carbocycles. The molecule has 0 bridgehead atoms. The van der Waals surface area contributed by atoms with Crippen LogP contribution >= 0.6 is 11.6 Å². The Balaban J connectivity index is 2.58. The Hall–Kier alpha value is -2.82. The topological polar surface area (TPSA) is 73.9 Å². The van der Waals surface area contributed by atoms with Gasteiger partial charge in [0.1, 0.15) is 5.75 Å². The summed E-state index contributed by atoms with van der Waals surface area (Å²) in [5.74, 6) is 0.0215. The third-order valence-corrected chi connectivity index (χ3v) is 3.09. The number of carbonyl (C=O) groups excluding carboxylic acids is 1. The van der Waals surface area contributed by atoms with Gasteiger partial charge in [0.15, 0.2) is 5.78 Å². The highest BCUT2D eigenvalue weighted by Crippen LogP contribution is 2.26. The summed E-state index contributed by atoms with van der Waals surface area (Å²) in [7, 11) is 1.45. The Labute approximate surface area is 126 Å². The van der Waals surface area contributed by atoms with Gasteiger partial charge in [0.2, 0.25) is 0 Å². The van der Waals surface area contributed by atoms with Gasteiger partial charge in [-0.05, 0) is 36.4 Å². The van der Waals surface area contributed by atoms with Gasteiger partial charge in [0.25, 0.3) is 0 Å². The summed E-state index contributed by atoms with van der Waals surface area (Å²) in [5, 5.41) is 18.3. The molecule has 4 nitrogen and oxygen atoms in total. The lowest BCUT2D eigenvalue weighted by Crippen LogP contribution is -2.05. The van der Waals surface area contributed by atoms with Gasteiger partial charge in [-0.25, -0.2) is 0 Å². The van der Waals surface area contributed by atoms with E-state index in [9.17, 15) is 4.79 Å². The lowest BCUT2D eigenvalue weighted by Gasteiger charge is -2.08. The Bertz CT molecular complexity index is 769. The molecule has 102 valence electrons. The van der Waals surface area contributed by atoms with Gasteiger partial charge >= 0.3 is 0 Å². The van der Waals surface area contributed by atoms with Crippen LogP contribution in [0.25, 0.3) is 0 Å². The van der Waals surface area contributed by atoms with Crippen LogP contribution in [0, 0.1) is 22.7 Å². The minimum atomic E-state index is -0.358. The minimum Gasteiger partial charge on any atom is -0.496 e. The van der Waals surface area contributed by atoms with Crippen molar-refractivity contribution in [3.8, 4) is 17.9 Å². The van der Waals surface area contributed by atoms with E-state index < -0.39 is 0 Å². The average Bonchev–Trinajstić information content (AvgIpc) is 2.53. The third kappa shape index (κ3) is 3.02. The van der Waals surface area contributed by atoms with Gasteiger partial charge in [-0.15, -0.1) is 0 Å². The third-order valence-electron chi connectivity index (χ3n) is 2.86. The lowest BCUT2D eigenvalue weighted by atomic mass is 9.98. The van der Waals surface area contributed by atoms with Crippen molar-refractivity contribution in [3.63, 3.8) is 0 Å². The number of benzene rings is 2. The molecule has 0 N–H and O–H groups in total. The number of rotatable bonds is 3. The maximum absolute atomic E-state index is 12.6. The largest absolute Gasteiger partial charge is 0.496 e. The van der Waals surface area contributed by atoms with Crippen LogP contribution in [0.5, 0.6) is 5.75 Å². The predicted molar refractivity (Wildman–Crippen MR) is 77.3 cm³/mol. The van der Waals surface area contributed by atoms with Crippen LogP contribution in [-0.2, 0) is 0 Å². The number of halogens is 1. The summed E-state index contributed by atoms with van der Waals surface area (Å²) in [6, 6.07) is 12.8. The first-order valence-electron chi connectivity index (χ1n) is 5.92. The molecule has 2 aromatic rings. The Morgan fingerprint density at radius 3 is 2.24 bits per heavy atom. The van der Waals surface area contributed by atoms with E-state index in [1.165, 1.54) is 31.4 Å². The summed E-state index contributed by atoms with van der Waals surface area (Å²) < 4.78 is 5.15. The van der Waals surface area contributed by atoms with Crippen LogP contribution in [0.2, 0.25) is 5.02 Å². The average molecular weight is 297 g/mol. The molecule has 0 heterocycles. The van der Waals surface area contributed by atoms with Gasteiger partial charge in [-0.2, -0.15) is 10.5 Å². The van der Waals surface area contributed by atoms with E-state index in [2.05, 4.69) is 0 Å². The zero-order valence-corrected chi connectivity index (χ0v) is 11.8. The van der Waals surface area contributed by atoms with E-state index >= 15 is 0 Å². The molecule has 0 fully saturated rings. The first-order valence-corrected chi connectivity index (χ1v) is 6.30. The molecule has 0 radical (unpaired) electrons. The maximum atomic E-state index is 12.6. The Morgan fingerprint density at radius 2 is 1.71 bits per heavy atom. The van der Waals surface area contributed by atoms with Crippen molar-refractivity contribution in [1.82, 2.24) is 0 Å². The van der Waals surface area contributed by atoms with Crippen molar-refractivity contribution < 1.29 is 9.53 Å². The molecule has 0 aliphatic heterocycles. The molecule has 0 unspecified atom stereocenters. The van der Waals surface area contributed by atoms with E-state index in [4.69, 9.17) is 26.9 Å². The van der Waals surface area contributed by atoms with Crippen molar-refractivity contribution in [2.45, 2.75) is 0 Å². The van der Waals surface area contributed by atoms with Gasteiger partial charge in [-0.3, -0.25) is 4.79 Å². The van der Waals surface area contributed by atoms with Gasteiger partial charge < -0.3 is 4.74 Å². The highest BCUT2D eigenvalue weighted by atomic mass is 35.5. The number of hydrogen-bond donors (Lipinski definition) is 0. The second-order valence-corrected chi connectivity index (χ2v) is 4.63. The van der Waals surface area contributed by atoms with Crippen LogP contribution in [0.3, 0.4) is 0 Å². The molecule has 0 spiro atoms. The number of hydrogen-bond acceptors (Lipinski definition) is 4. The number of nitrogens with zero attached hydrogens (tertiary/aromatic N) is 2. The monoisotopic (exact) mass is 296 g/mol. The molecular weight excluding hydrogens is 288 g/mol. The van der Waals surface area contributed by atoms with E-state index in [1.807, 2.05) is 12.1 Å². The normalized spacial score (nSPS) is 9.52. The van der Waals surface area contributed by atoms with Gasteiger partial charge in [0, 0.05) is 10.6 Å². The smallest absolute Gasteiger partial charge is 0.196 e. The molecule has 0 saturated carbocycles. The molecule has 0 aromatic heterocycles. The number of ether oxygens (including phenoxy) is 1. The molecule has 21 heavy (non-hydrogen) atoms. The quantitative estimate of drug-likeness (QED) is 0.814. The summed E-state index contributed by atoms with van der Waals surface area (Å²) in [5.41, 5.74) is 1.02. The van der Waals surface area contributed by atoms with E-state index in [-0.39, 0.29) is 28.0 Å². The molecule has 2 aromatic carbocycles. The second kappa shape index (κ2) is 6.09. The summed E-state index contributed by atoms with van der Waals surface area (Å²) in [4.78, 5) is 12.6. The minimum absolute atomic E-state index is 0.242. The number of methoxy groups -OCH3 is 1. The molecule has 0 saturated heterocycles. The van der Waals surface area contributed by atoms with Crippen LogP contribution in [-0.4, -0.2) is 12.9 Å². The molecule has 0 amide bonds. The zero-order chi connectivity index (χ0) is 15.4. The maximum Gasteiger partial charge on any atom is 0.196 e. The second-order valence-electron chi connectivity index (χ2n) is 4.20. The molecule has 0 aliphatic rings. The Morgan fingerprint density at radius 1 is 1.10 bits per heavy atom. The fourth-order valence-electron chi connectivity index (χ4n) is 1.90.